The van der Waals surface area contributed by atoms with Crippen LogP contribution in [-0.2, 0) is 13.0 Å². The molecule has 0 radical (unpaired) electrons. The Morgan fingerprint density at radius 1 is 1.10 bits per heavy atom. The number of methoxy groups -OCH3 is 2. The van der Waals surface area contributed by atoms with Gasteiger partial charge in [0.05, 0.1) is 14.2 Å². The minimum absolute atomic E-state index is 0.0763. The van der Waals surface area contributed by atoms with Gasteiger partial charge in [0.15, 0.2) is 11.5 Å². The number of nitrogens with one attached hydrogen (secondary N) is 1. The number of hydrogen-bond acceptors (Lipinski definition) is 6. The van der Waals surface area contributed by atoms with E-state index in [1.54, 1.807) is 20.3 Å². The van der Waals surface area contributed by atoms with Crippen molar-refractivity contribution in [3.05, 3.63) is 40.7 Å². The third-order valence-electron chi connectivity index (χ3n) is 5.14. The van der Waals surface area contributed by atoms with Crippen LogP contribution in [0, 0.1) is 6.92 Å². The fraction of sp³-hybridized carbons (Fsp3) is 0.500. The average Bonchev–Trinajstić information content (AvgIpc) is 2.74. The number of aromatic nitrogens is 2. The molecular weight excluding hydrogens is 368 g/mol. The van der Waals surface area contributed by atoms with Crippen LogP contribution < -0.4 is 14.8 Å². The molecule has 7 nitrogen and oxygen atoms in total. The largest absolute Gasteiger partial charge is 0.493 e. The second kappa shape index (κ2) is 9.58. The highest BCUT2D eigenvalue weighted by atomic mass is 16.5. The molecule has 0 aliphatic carbocycles. The summed E-state index contributed by atoms with van der Waals surface area (Å²) in [4.78, 5) is 23.8. The van der Waals surface area contributed by atoms with E-state index in [9.17, 15) is 4.79 Å². The number of aryl methyl sites for hydroxylation is 1. The third-order valence-corrected chi connectivity index (χ3v) is 5.14. The summed E-state index contributed by atoms with van der Waals surface area (Å²) in [5.41, 5.74) is 3.47. The quantitative estimate of drug-likeness (QED) is 0.685. The molecule has 0 saturated heterocycles. The van der Waals surface area contributed by atoms with Gasteiger partial charge in [-0.25, -0.2) is 9.97 Å². The van der Waals surface area contributed by atoms with Gasteiger partial charge in [-0.3, -0.25) is 4.79 Å². The monoisotopic (exact) mass is 398 g/mol. The summed E-state index contributed by atoms with van der Waals surface area (Å²) in [5.74, 6) is 1.84. The summed E-state index contributed by atoms with van der Waals surface area (Å²) in [5, 5.41) is 3.24. The van der Waals surface area contributed by atoms with Crippen molar-refractivity contribution in [1.29, 1.82) is 0 Å². The Bertz CT molecular complexity index is 869. The van der Waals surface area contributed by atoms with E-state index in [0.29, 0.717) is 30.5 Å². The summed E-state index contributed by atoms with van der Waals surface area (Å²) < 4.78 is 10.8. The van der Waals surface area contributed by atoms with Gasteiger partial charge in [-0.05, 0) is 49.1 Å². The highest BCUT2D eigenvalue weighted by Gasteiger charge is 2.25. The van der Waals surface area contributed by atoms with E-state index in [1.807, 2.05) is 24.0 Å². The second-order valence-electron chi connectivity index (χ2n) is 7.30. The van der Waals surface area contributed by atoms with Gasteiger partial charge in [0, 0.05) is 25.3 Å². The number of carbonyl (C=O) groups excluding carboxylic acids is 1. The predicted octanol–water partition coefficient (Wildman–Crippen LogP) is 3.60. The zero-order valence-corrected chi connectivity index (χ0v) is 17.7. The minimum atomic E-state index is -0.0763. The number of rotatable bonds is 8. The topological polar surface area (TPSA) is 76.6 Å². The Kier molecular flexibility index (Phi) is 6.90. The van der Waals surface area contributed by atoms with E-state index < -0.39 is 0 Å². The molecule has 2 aromatic rings. The fourth-order valence-electron chi connectivity index (χ4n) is 3.55. The first-order valence-corrected chi connectivity index (χ1v) is 10.2. The van der Waals surface area contributed by atoms with E-state index in [1.165, 1.54) is 5.56 Å². The van der Waals surface area contributed by atoms with Crippen LogP contribution in [0.15, 0.2) is 18.2 Å². The summed E-state index contributed by atoms with van der Waals surface area (Å²) in [6, 6.07) is 5.71. The molecule has 3 rings (SSSR count). The van der Waals surface area contributed by atoms with Gasteiger partial charge >= 0.3 is 0 Å². The van der Waals surface area contributed by atoms with E-state index in [4.69, 9.17) is 9.47 Å². The van der Waals surface area contributed by atoms with Crippen molar-refractivity contribution in [2.24, 2.45) is 0 Å². The van der Waals surface area contributed by atoms with Crippen LogP contribution in [0.2, 0.25) is 0 Å². The first-order valence-electron chi connectivity index (χ1n) is 10.2. The number of carbonyl (C=O) groups is 1. The molecule has 7 heteroatoms. The Hall–Kier alpha value is -2.83. The number of anilines is 1. The first kappa shape index (κ1) is 20.9. The lowest BCUT2D eigenvalue weighted by molar-refractivity contribution is 0.0728. The maximum absolute atomic E-state index is 13.1. The van der Waals surface area contributed by atoms with Crippen molar-refractivity contribution in [1.82, 2.24) is 14.9 Å². The highest BCUT2D eigenvalue weighted by Crippen LogP contribution is 2.33. The molecule has 1 aliphatic rings. The molecule has 1 N–H and O–H groups in total. The summed E-state index contributed by atoms with van der Waals surface area (Å²) in [6.07, 6.45) is 4.15. The molecular formula is C22H30N4O3. The Labute approximate surface area is 172 Å². The van der Waals surface area contributed by atoms with E-state index >= 15 is 0 Å². The molecule has 0 saturated carbocycles. The predicted molar refractivity (Wildman–Crippen MR) is 113 cm³/mol. The van der Waals surface area contributed by atoms with Crippen molar-refractivity contribution in [3.63, 3.8) is 0 Å². The summed E-state index contributed by atoms with van der Waals surface area (Å²) in [6.45, 7) is 6.03. The number of fused-ring (bicyclic) bond motifs is 1. The number of amides is 1. The van der Waals surface area contributed by atoms with Crippen LogP contribution in [0.4, 0.5) is 5.95 Å². The second-order valence-corrected chi connectivity index (χ2v) is 7.30. The van der Waals surface area contributed by atoms with Gasteiger partial charge in [-0.1, -0.05) is 19.8 Å². The molecule has 0 spiro atoms. The zero-order chi connectivity index (χ0) is 20.8. The number of benzene rings is 1. The van der Waals surface area contributed by atoms with E-state index in [2.05, 4.69) is 22.2 Å². The number of nitrogens with zero attached hydrogens (tertiary/aromatic N) is 3. The van der Waals surface area contributed by atoms with Crippen LogP contribution in [0.25, 0.3) is 0 Å². The highest BCUT2D eigenvalue weighted by molar-refractivity contribution is 5.92. The Balaban J connectivity index is 1.75. The molecule has 0 unspecified atom stereocenters. The van der Waals surface area contributed by atoms with Crippen LogP contribution in [0.5, 0.6) is 11.5 Å². The molecule has 1 aromatic heterocycles. The average molecular weight is 399 g/mol. The van der Waals surface area contributed by atoms with Crippen molar-refractivity contribution >= 4 is 11.9 Å². The van der Waals surface area contributed by atoms with Gasteiger partial charge in [0.1, 0.15) is 5.69 Å². The van der Waals surface area contributed by atoms with Crippen LogP contribution in [-0.4, -0.2) is 48.1 Å². The molecule has 0 atom stereocenters. The van der Waals surface area contributed by atoms with E-state index in [-0.39, 0.29) is 5.91 Å². The maximum atomic E-state index is 13.1. The Morgan fingerprint density at radius 3 is 2.52 bits per heavy atom. The lowest BCUT2D eigenvalue weighted by Gasteiger charge is -2.29. The fourth-order valence-corrected chi connectivity index (χ4v) is 3.55. The van der Waals surface area contributed by atoms with Crippen molar-refractivity contribution in [2.75, 3.05) is 32.6 Å². The van der Waals surface area contributed by atoms with Gasteiger partial charge in [-0.15, -0.1) is 0 Å². The van der Waals surface area contributed by atoms with Crippen molar-refractivity contribution < 1.29 is 14.3 Å². The molecule has 0 fully saturated rings. The van der Waals surface area contributed by atoms with Crippen molar-refractivity contribution in [2.45, 2.75) is 46.1 Å². The first-order chi connectivity index (χ1) is 14.0. The van der Waals surface area contributed by atoms with Gasteiger partial charge in [0.2, 0.25) is 5.95 Å². The lowest BCUT2D eigenvalue weighted by atomic mass is 9.98. The molecule has 1 aromatic carbocycles. The maximum Gasteiger partial charge on any atom is 0.272 e. The SMILES string of the molecule is CCCCCNc1nc(C)cc(C(=O)N2CCc3cc(OC)c(OC)cc3C2)n1. The van der Waals surface area contributed by atoms with Crippen LogP contribution in [0.3, 0.4) is 0 Å². The third kappa shape index (κ3) is 4.96. The molecule has 1 aliphatic heterocycles. The van der Waals surface area contributed by atoms with Crippen molar-refractivity contribution in [3.8, 4) is 11.5 Å². The molecule has 29 heavy (non-hydrogen) atoms. The van der Waals surface area contributed by atoms with E-state index in [0.717, 1.165) is 49.2 Å². The molecule has 0 bridgehead atoms. The van der Waals surface area contributed by atoms with Crippen LogP contribution in [0.1, 0.15) is 53.5 Å². The summed E-state index contributed by atoms with van der Waals surface area (Å²) in [7, 11) is 3.25. The van der Waals surface area contributed by atoms with Gasteiger partial charge in [0.25, 0.3) is 5.91 Å². The van der Waals surface area contributed by atoms with Gasteiger partial charge < -0.3 is 19.7 Å². The molecule has 1 amide bonds. The Morgan fingerprint density at radius 2 is 1.83 bits per heavy atom. The number of unbranched alkanes of at least 4 members (excludes halogenated alkanes) is 2. The number of hydrogen-bond donors (Lipinski definition) is 1. The molecule has 156 valence electrons. The smallest absolute Gasteiger partial charge is 0.272 e. The minimum Gasteiger partial charge on any atom is -0.493 e. The number of ether oxygens (including phenoxy) is 2. The van der Waals surface area contributed by atoms with Crippen LogP contribution >= 0.6 is 0 Å². The standard InChI is InChI=1S/C22H30N4O3/c1-5-6-7-9-23-22-24-15(2)11-18(25-22)21(27)26-10-8-16-12-19(28-3)20(29-4)13-17(16)14-26/h11-13H,5-10,14H2,1-4H3,(H,23,24,25). The van der Waals surface area contributed by atoms with Gasteiger partial charge in [-0.2, -0.15) is 0 Å². The molecule has 2 heterocycles. The lowest BCUT2D eigenvalue weighted by Crippen LogP contribution is -2.36. The summed E-state index contributed by atoms with van der Waals surface area (Å²) >= 11 is 0. The zero-order valence-electron chi connectivity index (χ0n) is 17.7. The normalized spacial score (nSPS) is 13.0.